The molecule has 45 heavy (non-hydrogen) atoms. The average molecular weight is 650 g/mol. The fourth-order valence-electron chi connectivity index (χ4n) is 5.00. The fourth-order valence-corrected chi connectivity index (χ4v) is 5.39. The first kappa shape index (κ1) is 31.7. The number of para-hydroxylation sites is 1. The van der Waals surface area contributed by atoms with Crippen LogP contribution in [0, 0.1) is 0 Å². The first-order valence-electron chi connectivity index (χ1n) is 14.1. The quantitative estimate of drug-likeness (QED) is 0.258. The molecule has 0 amide bonds. The summed E-state index contributed by atoms with van der Waals surface area (Å²) >= 11 is 13.0. The van der Waals surface area contributed by atoms with E-state index >= 15 is 0 Å². The number of hydrogen-bond donors (Lipinski definition) is 2. The van der Waals surface area contributed by atoms with Crippen LogP contribution < -0.4 is 9.64 Å². The van der Waals surface area contributed by atoms with Gasteiger partial charge in [-0.1, -0.05) is 59.6 Å². The zero-order valence-electron chi connectivity index (χ0n) is 24.1. The molecule has 4 aromatic rings. The lowest BCUT2D eigenvalue weighted by molar-refractivity contribution is -0.134. The maximum Gasteiger partial charge on any atom is 0.328 e. The highest BCUT2D eigenvalue weighted by Gasteiger charge is 2.28. The van der Waals surface area contributed by atoms with Crippen molar-refractivity contribution in [1.82, 2.24) is 19.7 Å². The van der Waals surface area contributed by atoms with E-state index in [9.17, 15) is 9.59 Å². The first-order chi connectivity index (χ1) is 21.8. The van der Waals surface area contributed by atoms with E-state index < -0.39 is 11.9 Å². The van der Waals surface area contributed by atoms with Crippen molar-refractivity contribution in [2.75, 3.05) is 44.2 Å². The van der Waals surface area contributed by atoms with Crippen LogP contribution in [0.3, 0.4) is 0 Å². The second-order valence-corrected chi connectivity index (χ2v) is 10.9. The Morgan fingerprint density at radius 3 is 2.22 bits per heavy atom. The Kier molecular flexibility index (Phi) is 10.5. The molecule has 1 fully saturated rings. The number of rotatable bonds is 8. The van der Waals surface area contributed by atoms with Crippen molar-refractivity contribution in [1.29, 1.82) is 0 Å². The van der Waals surface area contributed by atoms with Crippen molar-refractivity contribution in [2.24, 2.45) is 4.99 Å². The lowest BCUT2D eigenvalue weighted by atomic mass is 10.0. The van der Waals surface area contributed by atoms with Crippen molar-refractivity contribution < 1.29 is 24.5 Å². The largest absolute Gasteiger partial charge is 0.492 e. The number of carboxylic acids is 2. The maximum atomic E-state index is 9.55. The third-order valence-corrected chi connectivity index (χ3v) is 7.68. The number of fused-ring (bicyclic) bond motifs is 3. The van der Waals surface area contributed by atoms with Gasteiger partial charge in [-0.25, -0.2) is 9.59 Å². The van der Waals surface area contributed by atoms with E-state index in [0.29, 0.717) is 35.3 Å². The number of ether oxygens (including phenoxy) is 1. The van der Waals surface area contributed by atoms with Gasteiger partial charge in [0.25, 0.3) is 0 Å². The maximum absolute atomic E-state index is 9.55. The molecule has 0 saturated carbocycles. The molecule has 0 atom stereocenters. The molecule has 0 radical (unpaired) electrons. The molecular formula is C32H30Cl2N6O5. The molecule has 2 N–H and O–H groups in total. The van der Waals surface area contributed by atoms with Gasteiger partial charge < -0.3 is 19.8 Å². The van der Waals surface area contributed by atoms with Gasteiger partial charge in [0.1, 0.15) is 18.9 Å². The van der Waals surface area contributed by atoms with Crippen molar-refractivity contribution in [3.05, 3.63) is 112 Å². The monoisotopic (exact) mass is 648 g/mol. The van der Waals surface area contributed by atoms with Gasteiger partial charge in [-0.05, 0) is 36.4 Å². The van der Waals surface area contributed by atoms with Crippen LogP contribution in [0.1, 0.15) is 17.0 Å². The molecule has 11 nitrogen and oxygen atoms in total. The summed E-state index contributed by atoms with van der Waals surface area (Å²) in [5.41, 5.74) is 3.55. The van der Waals surface area contributed by atoms with E-state index in [4.69, 9.17) is 43.1 Å². The zero-order valence-corrected chi connectivity index (χ0v) is 25.6. The molecule has 1 saturated heterocycles. The number of carbonyl (C=O) groups is 2. The summed E-state index contributed by atoms with van der Waals surface area (Å²) in [4.78, 5) is 28.7. The van der Waals surface area contributed by atoms with Crippen LogP contribution in [0.15, 0.2) is 89.9 Å². The van der Waals surface area contributed by atoms with Gasteiger partial charge in [-0.15, -0.1) is 10.2 Å². The minimum absolute atomic E-state index is 0.399. The van der Waals surface area contributed by atoms with E-state index in [0.717, 1.165) is 72.8 Å². The number of aliphatic imine (C=N–C) groups is 1. The van der Waals surface area contributed by atoms with Gasteiger partial charge in [-0.3, -0.25) is 14.5 Å². The summed E-state index contributed by atoms with van der Waals surface area (Å²) in [7, 11) is 0. The fraction of sp³-hybridized carbons (Fsp3) is 0.219. The Morgan fingerprint density at radius 1 is 0.844 bits per heavy atom. The van der Waals surface area contributed by atoms with Gasteiger partial charge in [0.05, 0.1) is 11.4 Å². The van der Waals surface area contributed by atoms with Crippen molar-refractivity contribution in [3.63, 3.8) is 0 Å². The molecule has 6 rings (SSSR count). The molecule has 2 aliphatic heterocycles. The molecular weight excluding hydrogens is 619 g/mol. The van der Waals surface area contributed by atoms with E-state index in [1.54, 1.807) is 0 Å². The van der Waals surface area contributed by atoms with Crippen LogP contribution in [0.4, 0.5) is 5.95 Å². The number of nitrogens with zero attached hydrogens (tertiary/aromatic N) is 6. The Bertz CT molecular complexity index is 1700. The minimum atomic E-state index is -1.26. The van der Waals surface area contributed by atoms with Crippen LogP contribution >= 0.6 is 23.2 Å². The normalized spacial score (nSPS) is 14.4. The molecule has 13 heteroatoms. The molecule has 3 heterocycles. The SMILES string of the molecule is Clc1ccc2c(c1)C(c1ccccc1Cl)=NCc1nnc(N3CCN(CCOc4ccccc4)CC3)n1-2.O=C(O)/C=C/C(=O)O. The molecule has 3 aromatic carbocycles. The van der Waals surface area contributed by atoms with Crippen LogP contribution in [-0.4, -0.2) is 86.9 Å². The summed E-state index contributed by atoms with van der Waals surface area (Å²) in [5.74, 6) is 0.0120. The number of halogens is 2. The van der Waals surface area contributed by atoms with Gasteiger partial charge in [0, 0.05) is 66.0 Å². The number of anilines is 1. The van der Waals surface area contributed by atoms with Crippen molar-refractivity contribution in [2.45, 2.75) is 6.54 Å². The van der Waals surface area contributed by atoms with Crippen LogP contribution in [-0.2, 0) is 16.1 Å². The van der Waals surface area contributed by atoms with Gasteiger partial charge in [-0.2, -0.15) is 0 Å². The Balaban J connectivity index is 0.000000444. The second-order valence-electron chi connectivity index (χ2n) is 10.1. The van der Waals surface area contributed by atoms with Crippen LogP contribution in [0.5, 0.6) is 5.75 Å². The predicted octanol–water partition coefficient (Wildman–Crippen LogP) is 4.84. The Hall–Kier alpha value is -4.71. The predicted molar refractivity (Wildman–Crippen MR) is 172 cm³/mol. The molecule has 0 bridgehead atoms. The highest BCUT2D eigenvalue weighted by atomic mass is 35.5. The number of aromatic nitrogens is 3. The third-order valence-electron chi connectivity index (χ3n) is 7.12. The summed E-state index contributed by atoms with van der Waals surface area (Å²) in [6.07, 6.45) is 1.12. The van der Waals surface area contributed by atoms with E-state index in [2.05, 4.69) is 24.6 Å². The highest BCUT2D eigenvalue weighted by Crippen LogP contribution is 2.32. The number of benzene rings is 3. The average Bonchev–Trinajstić information content (AvgIpc) is 3.39. The van der Waals surface area contributed by atoms with Gasteiger partial charge >= 0.3 is 11.9 Å². The highest BCUT2D eigenvalue weighted by molar-refractivity contribution is 6.36. The molecule has 0 aliphatic carbocycles. The molecule has 1 aromatic heterocycles. The van der Waals surface area contributed by atoms with Crippen molar-refractivity contribution >= 4 is 46.8 Å². The first-order valence-corrected chi connectivity index (χ1v) is 14.9. The second kappa shape index (κ2) is 14.8. The van der Waals surface area contributed by atoms with Crippen LogP contribution in [0.2, 0.25) is 10.0 Å². The number of piperazine rings is 1. The zero-order chi connectivity index (χ0) is 31.8. The van der Waals surface area contributed by atoms with E-state index in [1.165, 1.54) is 0 Å². The lowest BCUT2D eigenvalue weighted by Crippen LogP contribution is -2.48. The number of carboxylic acid groups (broad SMARTS) is 2. The Labute approximate surface area is 269 Å². The van der Waals surface area contributed by atoms with Crippen LogP contribution in [0.25, 0.3) is 5.69 Å². The van der Waals surface area contributed by atoms with Gasteiger partial charge in [0.15, 0.2) is 5.82 Å². The minimum Gasteiger partial charge on any atom is -0.492 e. The topological polar surface area (TPSA) is 133 Å². The molecule has 0 unspecified atom stereocenters. The molecule has 2 aliphatic rings. The number of hydrogen-bond acceptors (Lipinski definition) is 8. The molecule has 232 valence electrons. The summed E-state index contributed by atoms with van der Waals surface area (Å²) < 4.78 is 8.00. The van der Waals surface area contributed by atoms with E-state index in [-0.39, 0.29) is 0 Å². The third kappa shape index (κ3) is 8.07. The summed E-state index contributed by atoms with van der Waals surface area (Å²) in [5, 5.41) is 26.0. The number of aliphatic carboxylic acids is 2. The lowest BCUT2D eigenvalue weighted by Gasteiger charge is -2.35. The summed E-state index contributed by atoms with van der Waals surface area (Å²) in [6, 6.07) is 23.6. The van der Waals surface area contributed by atoms with Crippen molar-refractivity contribution in [3.8, 4) is 11.4 Å². The van der Waals surface area contributed by atoms with E-state index in [1.807, 2.05) is 72.8 Å². The summed E-state index contributed by atoms with van der Waals surface area (Å²) in [6.45, 7) is 5.51. The molecule has 0 spiro atoms. The Morgan fingerprint density at radius 2 is 1.53 bits per heavy atom. The smallest absolute Gasteiger partial charge is 0.328 e. The standard InChI is InChI=1S/C28H26Cl2N6O.C4H4O4/c29-20-10-11-25-23(18-20)27(22-8-4-5-9-24(22)30)31-19-26-32-33-28(36(25)26)35-14-12-34(13-15-35)16-17-37-21-6-2-1-3-7-21;5-3(6)1-2-4(7)8/h1-11,18H,12-17,19H2;1-2H,(H,5,6)(H,7,8)/b;2-1+. The van der Waals surface area contributed by atoms with Gasteiger partial charge in [0.2, 0.25) is 5.95 Å².